The summed E-state index contributed by atoms with van der Waals surface area (Å²) in [6, 6.07) is 8.86. The number of nitrogens with one attached hydrogen (secondary N) is 1. The first-order chi connectivity index (χ1) is 9.65. The molecular weight excluding hydrogens is 250 g/mol. The molecule has 2 rings (SSSR count). The smallest absolute Gasteiger partial charge is 0.222 e. The molecule has 0 spiro atoms. The molecule has 0 radical (unpaired) electrons. The molecular formula is C16H25N3O. The van der Waals surface area contributed by atoms with E-state index in [4.69, 9.17) is 5.73 Å². The number of nitrogens with zero attached hydrogens (tertiary/aromatic N) is 1. The van der Waals surface area contributed by atoms with Gasteiger partial charge in [-0.2, -0.15) is 0 Å². The number of nitrogens with two attached hydrogens (primary N) is 1. The van der Waals surface area contributed by atoms with Crippen LogP contribution in [0.1, 0.15) is 30.0 Å². The average Bonchev–Trinajstić information content (AvgIpc) is 2.50. The van der Waals surface area contributed by atoms with Gasteiger partial charge in [0.25, 0.3) is 0 Å². The second-order valence-electron chi connectivity index (χ2n) is 5.59. The third-order valence-corrected chi connectivity index (χ3v) is 4.27. The standard InChI is InChI=1S/C16H25N3O/c1-12-3-5-13(6-4-12)15(11-17)19-9-7-14(8-10-19)16(20)18-2/h3-6,14-15H,7-11,17H2,1-2H3,(H,18,20). The van der Waals surface area contributed by atoms with Gasteiger partial charge in [0.2, 0.25) is 5.91 Å². The van der Waals surface area contributed by atoms with Gasteiger partial charge in [-0.05, 0) is 38.4 Å². The fourth-order valence-corrected chi connectivity index (χ4v) is 2.96. The number of amides is 1. The van der Waals surface area contributed by atoms with Crippen LogP contribution < -0.4 is 11.1 Å². The summed E-state index contributed by atoms with van der Waals surface area (Å²) in [5.41, 5.74) is 8.51. The third-order valence-electron chi connectivity index (χ3n) is 4.27. The van der Waals surface area contributed by atoms with Crippen molar-refractivity contribution in [3.63, 3.8) is 0 Å². The van der Waals surface area contributed by atoms with Crippen LogP contribution in [0.5, 0.6) is 0 Å². The van der Waals surface area contributed by atoms with E-state index in [2.05, 4.69) is 41.4 Å². The largest absolute Gasteiger partial charge is 0.359 e. The Morgan fingerprint density at radius 1 is 1.35 bits per heavy atom. The van der Waals surface area contributed by atoms with Crippen LogP contribution in [0.25, 0.3) is 0 Å². The molecule has 1 aliphatic heterocycles. The Morgan fingerprint density at radius 2 is 1.95 bits per heavy atom. The van der Waals surface area contributed by atoms with Gasteiger partial charge in [-0.1, -0.05) is 29.8 Å². The Bertz CT molecular complexity index is 436. The lowest BCUT2D eigenvalue weighted by molar-refractivity contribution is -0.126. The number of piperidine rings is 1. The lowest BCUT2D eigenvalue weighted by atomic mass is 9.93. The molecule has 1 aromatic carbocycles. The zero-order valence-electron chi connectivity index (χ0n) is 12.4. The highest BCUT2D eigenvalue weighted by atomic mass is 16.1. The summed E-state index contributed by atoms with van der Waals surface area (Å²) in [4.78, 5) is 14.1. The third kappa shape index (κ3) is 3.38. The van der Waals surface area contributed by atoms with Gasteiger partial charge in [0.15, 0.2) is 0 Å². The van der Waals surface area contributed by atoms with E-state index in [0.29, 0.717) is 6.54 Å². The highest BCUT2D eigenvalue weighted by molar-refractivity contribution is 5.78. The molecule has 1 aromatic rings. The molecule has 0 saturated carbocycles. The summed E-state index contributed by atoms with van der Waals surface area (Å²) in [7, 11) is 1.71. The average molecular weight is 275 g/mol. The van der Waals surface area contributed by atoms with Gasteiger partial charge >= 0.3 is 0 Å². The predicted octanol–water partition coefficient (Wildman–Crippen LogP) is 1.45. The summed E-state index contributed by atoms with van der Waals surface area (Å²) in [6.45, 7) is 4.59. The van der Waals surface area contributed by atoms with Crippen LogP contribution in [0.2, 0.25) is 0 Å². The van der Waals surface area contributed by atoms with Gasteiger partial charge in [-0.25, -0.2) is 0 Å². The van der Waals surface area contributed by atoms with Gasteiger partial charge in [0.1, 0.15) is 0 Å². The van der Waals surface area contributed by atoms with E-state index >= 15 is 0 Å². The predicted molar refractivity (Wildman–Crippen MR) is 81.3 cm³/mol. The molecule has 1 saturated heterocycles. The quantitative estimate of drug-likeness (QED) is 0.874. The zero-order chi connectivity index (χ0) is 14.5. The Hall–Kier alpha value is -1.39. The maximum Gasteiger partial charge on any atom is 0.222 e. The van der Waals surface area contributed by atoms with Crippen molar-refractivity contribution < 1.29 is 4.79 Å². The van der Waals surface area contributed by atoms with Gasteiger partial charge in [0, 0.05) is 25.6 Å². The minimum atomic E-state index is 0.160. The first kappa shape index (κ1) is 15.0. The Morgan fingerprint density at radius 3 is 2.45 bits per heavy atom. The molecule has 1 fully saturated rings. The first-order valence-corrected chi connectivity index (χ1v) is 7.38. The summed E-state index contributed by atoms with van der Waals surface area (Å²) >= 11 is 0. The molecule has 0 aliphatic carbocycles. The van der Waals surface area contributed by atoms with Gasteiger partial charge < -0.3 is 11.1 Å². The minimum absolute atomic E-state index is 0.160. The molecule has 1 unspecified atom stereocenters. The lowest BCUT2D eigenvalue weighted by Gasteiger charge is -2.36. The van der Waals surface area contributed by atoms with Crippen molar-refractivity contribution in [3.8, 4) is 0 Å². The number of likely N-dealkylation sites (tertiary alicyclic amines) is 1. The van der Waals surface area contributed by atoms with Crippen LogP contribution in [0.4, 0.5) is 0 Å². The minimum Gasteiger partial charge on any atom is -0.359 e. The van der Waals surface area contributed by atoms with Crippen molar-refractivity contribution in [2.75, 3.05) is 26.7 Å². The van der Waals surface area contributed by atoms with Crippen LogP contribution in [0.3, 0.4) is 0 Å². The van der Waals surface area contributed by atoms with Crippen LogP contribution in [0, 0.1) is 12.8 Å². The van der Waals surface area contributed by atoms with Crippen molar-refractivity contribution in [1.82, 2.24) is 10.2 Å². The number of carbonyl (C=O) groups is 1. The number of hydrogen-bond donors (Lipinski definition) is 2. The molecule has 110 valence electrons. The van der Waals surface area contributed by atoms with Crippen molar-refractivity contribution in [1.29, 1.82) is 0 Å². The number of benzene rings is 1. The molecule has 20 heavy (non-hydrogen) atoms. The van der Waals surface area contributed by atoms with Crippen molar-refractivity contribution in [3.05, 3.63) is 35.4 Å². The summed E-state index contributed by atoms with van der Waals surface area (Å²) < 4.78 is 0. The lowest BCUT2D eigenvalue weighted by Crippen LogP contribution is -2.43. The maximum absolute atomic E-state index is 11.7. The van der Waals surface area contributed by atoms with E-state index in [1.165, 1.54) is 11.1 Å². The van der Waals surface area contributed by atoms with Gasteiger partial charge in [0.05, 0.1) is 0 Å². The molecule has 0 aromatic heterocycles. The van der Waals surface area contributed by atoms with Crippen molar-refractivity contribution in [2.24, 2.45) is 11.7 Å². The van der Waals surface area contributed by atoms with E-state index in [9.17, 15) is 4.79 Å². The fourth-order valence-electron chi connectivity index (χ4n) is 2.96. The van der Waals surface area contributed by atoms with E-state index in [1.54, 1.807) is 7.05 Å². The van der Waals surface area contributed by atoms with E-state index in [-0.39, 0.29) is 17.9 Å². The zero-order valence-corrected chi connectivity index (χ0v) is 12.4. The highest BCUT2D eigenvalue weighted by Crippen LogP contribution is 2.26. The van der Waals surface area contributed by atoms with Crippen molar-refractivity contribution in [2.45, 2.75) is 25.8 Å². The number of aryl methyl sites for hydroxylation is 1. The number of rotatable bonds is 4. The summed E-state index contributed by atoms with van der Waals surface area (Å²) in [6.07, 6.45) is 1.84. The molecule has 4 heteroatoms. The Balaban J connectivity index is 2.00. The van der Waals surface area contributed by atoms with E-state index in [0.717, 1.165) is 25.9 Å². The van der Waals surface area contributed by atoms with Gasteiger partial charge in [-0.3, -0.25) is 9.69 Å². The van der Waals surface area contributed by atoms with Crippen LogP contribution in [0.15, 0.2) is 24.3 Å². The topological polar surface area (TPSA) is 58.4 Å². The van der Waals surface area contributed by atoms with Crippen LogP contribution in [-0.4, -0.2) is 37.5 Å². The Labute approximate surface area is 121 Å². The normalized spacial score (nSPS) is 18.8. The van der Waals surface area contributed by atoms with Crippen molar-refractivity contribution >= 4 is 5.91 Å². The molecule has 0 bridgehead atoms. The molecule has 1 aliphatic rings. The van der Waals surface area contributed by atoms with Crippen LogP contribution in [-0.2, 0) is 4.79 Å². The SMILES string of the molecule is CNC(=O)C1CCN(C(CN)c2ccc(C)cc2)CC1. The monoisotopic (exact) mass is 275 g/mol. The number of hydrogen-bond acceptors (Lipinski definition) is 3. The highest BCUT2D eigenvalue weighted by Gasteiger charge is 2.28. The Kier molecular flexibility index (Phi) is 5.15. The number of carbonyl (C=O) groups excluding carboxylic acids is 1. The first-order valence-electron chi connectivity index (χ1n) is 7.38. The fraction of sp³-hybridized carbons (Fsp3) is 0.562. The van der Waals surface area contributed by atoms with Crippen LogP contribution >= 0.6 is 0 Å². The van der Waals surface area contributed by atoms with E-state index in [1.807, 2.05) is 0 Å². The summed E-state index contributed by atoms with van der Waals surface area (Å²) in [5, 5.41) is 2.75. The second-order valence-corrected chi connectivity index (χ2v) is 5.59. The van der Waals surface area contributed by atoms with Gasteiger partial charge in [-0.15, -0.1) is 0 Å². The molecule has 3 N–H and O–H groups in total. The van der Waals surface area contributed by atoms with E-state index < -0.39 is 0 Å². The molecule has 1 atom stereocenters. The maximum atomic E-state index is 11.7. The second kappa shape index (κ2) is 6.86. The molecule has 1 amide bonds. The molecule has 1 heterocycles. The summed E-state index contributed by atoms with van der Waals surface area (Å²) in [5.74, 6) is 0.331. The molecule has 4 nitrogen and oxygen atoms in total.